The van der Waals surface area contributed by atoms with Gasteiger partial charge in [-0.2, -0.15) is 10.2 Å². The van der Waals surface area contributed by atoms with Gasteiger partial charge in [0.25, 0.3) is 5.56 Å². The van der Waals surface area contributed by atoms with E-state index >= 15 is 0 Å². The maximum atomic E-state index is 13.9. The largest absolute Gasteiger partial charge is 0.507 e. The quantitative estimate of drug-likeness (QED) is 0.160. The maximum absolute atomic E-state index is 13.9. The van der Waals surface area contributed by atoms with Gasteiger partial charge >= 0.3 is 5.97 Å². The molecule has 0 radical (unpaired) electrons. The van der Waals surface area contributed by atoms with E-state index in [0.717, 1.165) is 0 Å². The lowest BCUT2D eigenvalue weighted by molar-refractivity contribution is -0.139. The first-order valence-corrected chi connectivity index (χ1v) is 14.0. The third-order valence-electron chi connectivity index (χ3n) is 6.42. The number of carbonyl (C=O) groups excluding carboxylic acids is 1. The molecule has 1 aromatic heterocycles. The number of thiazole rings is 1. The van der Waals surface area contributed by atoms with E-state index in [1.54, 1.807) is 50.3 Å². The monoisotopic (exact) mass is 580 g/mol. The molecule has 1 aliphatic rings. The minimum Gasteiger partial charge on any atom is -0.507 e. The maximum Gasteiger partial charge on any atom is 0.338 e. The van der Waals surface area contributed by atoms with Crippen LogP contribution < -0.4 is 19.6 Å². The smallest absolute Gasteiger partial charge is 0.338 e. The summed E-state index contributed by atoms with van der Waals surface area (Å²) in [6, 6.07) is 20.5. The molecule has 0 bridgehead atoms. The van der Waals surface area contributed by atoms with Crippen LogP contribution in [-0.4, -0.2) is 28.9 Å². The van der Waals surface area contributed by atoms with Crippen molar-refractivity contribution in [3.8, 4) is 11.5 Å². The number of ether oxygens (including phenoxy) is 2. The van der Waals surface area contributed by atoms with Crippen LogP contribution in [0.3, 0.4) is 0 Å². The van der Waals surface area contributed by atoms with Crippen LogP contribution >= 0.6 is 11.3 Å². The van der Waals surface area contributed by atoms with Gasteiger partial charge in [0.2, 0.25) is 0 Å². The minimum absolute atomic E-state index is 0.0189. The van der Waals surface area contributed by atoms with Gasteiger partial charge in [-0.1, -0.05) is 54.3 Å². The van der Waals surface area contributed by atoms with E-state index in [2.05, 4.69) is 21.8 Å². The summed E-state index contributed by atoms with van der Waals surface area (Å²) in [5, 5.41) is 19.1. The Morgan fingerprint density at radius 3 is 2.55 bits per heavy atom. The molecule has 0 aliphatic carbocycles. The van der Waals surface area contributed by atoms with Crippen molar-refractivity contribution in [3.63, 3.8) is 0 Å². The van der Waals surface area contributed by atoms with Crippen molar-refractivity contribution in [3.05, 3.63) is 128 Å². The van der Waals surface area contributed by atoms with Gasteiger partial charge in [-0.05, 0) is 68.0 Å². The zero-order valence-corrected chi connectivity index (χ0v) is 23.9. The zero-order chi connectivity index (χ0) is 29.6. The van der Waals surface area contributed by atoms with Crippen molar-refractivity contribution in [1.29, 1.82) is 0 Å². The number of azo groups is 1. The van der Waals surface area contributed by atoms with Gasteiger partial charge in [-0.25, -0.2) is 9.79 Å². The first kappa shape index (κ1) is 28.4. The molecule has 9 nitrogen and oxygen atoms in total. The summed E-state index contributed by atoms with van der Waals surface area (Å²) in [6.45, 7) is 7.65. The third-order valence-corrected chi connectivity index (χ3v) is 7.40. The number of aromatic nitrogens is 1. The Hall–Kier alpha value is -5.09. The Kier molecular flexibility index (Phi) is 8.54. The second kappa shape index (κ2) is 12.6. The van der Waals surface area contributed by atoms with Crippen LogP contribution in [0.5, 0.6) is 11.5 Å². The Bertz CT molecular complexity index is 1870. The SMILES string of the molecule is C=CCOc1ccc([C@H]2C(C(=O)OCC)=C(C)N=c3s/c(=C\c4cc(N=Nc5ccccc5)ccc4O)c(=O)n32)cc1. The van der Waals surface area contributed by atoms with E-state index in [9.17, 15) is 14.7 Å². The molecule has 212 valence electrons. The van der Waals surface area contributed by atoms with Gasteiger partial charge in [0, 0.05) is 5.56 Å². The number of nitrogens with zero attached hydrogens (tertiary/aromatic N) is 4. The number of phenolic OH excluding ortho intramolecular Hbond substituents is 1. The van der Waals surface area contributed by atoms with E-state index in [0.29, 0.717) is 49.9 Å². The fourth-order valence-corrected chi connectivity index (χ4v) is 5.52. The standard InChI is InChI=1S/C32H28N4O5S/c1-4-17-41-25-14-11-21(12-15-25)29-28(31(39)40-5-2)20(3)33-32-36(29)30(38)27(42-32)19-22-18-24(13-16-26(22)37)35-34-23-9-7-6-8-10-23/h4,6-16,18-19,29,37H,1,5,17H2,2-3H3/b27-19-,35-34?/t29-/m0/s1. The third kappa shape index (κ3) is 5.98. The van der Waals surface area contributed by atoms with Gasteiger partial charge in [-0.15, -0.1) is 0 Å². The van der Waals surface area contributed by atoms with E-state index in [1.165, 1.54) is 22.0 Å². The molecular weight excluding hydrogens is 552 g/mol. The summed E-state index contributed by atoms with van der Waals surface area (Å²) in [5.74, 6) is 0.0675. The summed E-state index contributed by atoms with van der Waals surface area (Å²) in [5.41, 5.74) is 2.66. The first-order valence-electron chi connectivity index (χ1n) is 13.2. The summed E-state index contributed by atoms with van der Waals surface area (Å²) >= 11 is 1.17. The molecule has 0 fully saturated rings. The van der Waals surface area contributed by atoms with Crippen molar-refractivity contribution in [2.24, 2.45) is 15.2 Å². The molecule has 10 heteroatoms. The average molecular weight is 581 g/mol. The highest BCUT2D eigenvalue weighted by Gasteiger charge is 2.33. The van der Waals surface area contributed by atoms with E-state index in [4.69, 9.17) is 9.47 Å². The van der Waals surface area contributed by atoms with Crippen molar-refractivity contribution in [2.75, 3.05) is 13.2 Å². The highest BCUT2D eigenvalue weighted by molar-refractivity contribution is 7.07. The van der Waals surface area contributed by atoms with Crippen LogP contribution in [0.15, 0.2) is 117 Å². The molecule has 0 saturated heterocycles. The second-order valence-corrected chi connectivity index (χ2v) is 10.3. The molecule has 1 atom stereocenters. The minimum atomic E-state index is -0.768. The normalized spacial score (nSPS) is 14.9. The fourth-order valence-electron chi connectivity index (χ4n) is 4.48. The Morgan fingerprint density at radius 2 is 1.83 bits per heavy atom. The molecule has 0 saturated carbocycles. The number of fused-ring (bicyclic) bond motifs is 1. The van der Waals surface area contributed by atoms with Crippen LogP contribution in [0, 0.1) is 0 Å². The number of esters is 1. The summed E-state index contributed by atoms with van der Waals surface area (Å²) < 4.78 is 12.8. The summed E-state index contributed by atoms with van der Waals surface area (Å²) in [6.07, 6.45) is 3.24. The Morgan fingerprint density at radius 1 is 1.10 bits per heavy atom. The van der Waals surface area contributed by atoms with Gasteiger partial charge in [0.15, 0.2) is 4.80 Å². The molecule has 3 aromatic carbocycles. The molecule has 1 aliphatic heterocycles. The fraction of sp³-hybridized carbons (Fsp3) is 0.156. The molecule has 42 heavy (non-hydrogen) atoms. The topological polar surface area (TPSA) is 115 Å². The van der Waals surface area contributed by atoms with Gasteiger partial charge in [0.1, 0.15) is 18.1 Å². The zero-order valence-electron chi connectivity index (χ0n) is 23.1. The number of carbonyl (C=O) groups is 1. The number of hydrogen-bond donors (Lipinski definition) is 1. The molecule has 2 heterocycles. The van der Waals surface area contributed by atoms with Crippen molar-refractivity contribution in [1.82, 2.24) is 4.57 Å². The van der Waals surface area contributed by atoms with Crippen LogP contribution in [0.25, 0.3) is 6.08 Å². The average Bonchev–Trinajstić information content (AvgIpc) is 3.30. The Balaban J connectivity index is 1.60. The predicted molar refractivity (Wildman–Crippen MR) is 161 cm³/mol. The van der Waals surface area contributed by atoms with E-state index in [1.807, 2.05) is 42.5 Å². The number of hydrogen-bond acceptors (Lipinski definition) is 9. The van der Waals surface area contributed by atoms with E-state index in [-0.39, 0.29) is 23.5 Å². The van der Waals surface area contributed by atoms with Crippen LogP contribution in [-0.2, 0) is 9.53 Å². The van der Waals surface area contributed by atoms with Gasteiger partial charge in [0.05, 0.1) is 39.8 Å². The van der Waals surface area contributed by atoms with E-state index < -0.39 is 12.0 Å². The lowest BCUT2D eigenvalue weighted by Crippen LogP contribution is -2.39. The number of phenols is 1. The molecule has 5 rings (SSSR count). The van der Waals surface area contributed by atoms with Crippen LogP contribution in [0.1, 0.15) is 31.0 Å². The molecule has 0 amide bonds. The summed E-state index contributed by atoms with van der Waals surface area (Å²) in [7, 11) is 0. The van der Waals surface area contributed by atoms with Crippen molar-refractivity contribution >= 4 is 34.8 Å². The number of rotatable bonds is 9. The summed E-state index contributed by atoms with van der Waals surface area (Å²) in [4.78, 5) is 32.0. The highest BCUT2D eigenvalue weighted by Crippen LogP contribution is 2.32. The molecule has 0 unspecified atom stereocenters. The second-order valence-electron chi connectivity index (χ2n) is 9.25. The number of benzene rings is 3. The lowest BCUT2D eigenvalue weighted by atomic mass is 9.96. The molecular formula is C32H28N4O5S. The highest BCUT2D eigenvalue weighted by atomic mass is 32.1. The van der Waals surface area contributed by atoms with Crippen molar-refractivity contribution in [2.45, 2.75) is 19.9 Å². The van der Waals surface area contributed by atoms with Crippen LogP contribution in [0.4, 0.5) is 11.4 Å². The number of aromatic hydroxyl groups is 1. The molecule has 4 aromatic rings. The Labute approximate surface area is 245 Å². The van der Waals surface area contributed by atoms with Crippen LogP contribution in [0.2, 0.25) is 0 Å². The molecule has 1 N–H and O–H groups in total. The lowest BCUT2D eigenvalue weighted by Gasteiger charge is -2.24. The van der Waals surface area contributed by atoms with Gasteiger partial charge in [-0.3, -0.25) is 9.36 Å². The first-order chi connectivity index (χ1) is 20.4. The predicted octanol–water partition coefficient (Wildman–Crippen LogP) is 5.48. The number of allylic oxidation sites excluding steroid dienone is 1. The van der Waals surface area contributed by atoms with Gasteiger partial charge < -0.3 is 14.6 Å². The van der Waals surface area contributed by atoms with Crippen molar-refractivity contribution < 1.29 is 19.4 Å². The molecule has 0 spiro atoms.